The third-order valence-electron chi connectivity index (χ3n) is 2.54. The van der Waals surface area contributed by atoms with Gasteiger partial charge in [0.25, 0.3) is 5.91 Å². The number of rotatable bonds is 2. The van der Waals surface area contributed by atoms with Gasteiger partial charge in [0.2, 0.25) is 0 Å². The van der Waals surface area contributed by atoms with Crippen LogP contribution in [0.5, 0.6) is 5.75 Å². The standard InChI is InChI=1S/C12H5F3N2O4/c13-12(14,15)21-5-1-2-8-6(3-5)9(10(18)17-8)7(4-16)11(19)20/h1-3H,(H,17,18)(H,19,20). The van der Waals surface area contributed by atoms with Gasteiger partial charge in [-0.05, 0) is 18.2 Å². The zero-order chi connectivity index (χ0) is 15.8. The fraction of sp³-hybridized carbons (Fsp3) is 0.0833. The second kappa shape index (κ2) is 4.82. The van der Waals surface area contributed by atoms with Gasteiger partial charge < -0.3 is 15.2 Å². The summed E-state index contributed by atoms with van der Waals surface area (Å²) in [5.74, 6) is -3.16. The molecular weight excluding hydrogens is 293 g/mol. The summed E-state index contributed by atoms with van der Waals surface area (Å²) in [6.45, 7) is 0. The molecule has 0 spiro atoms. The van der Waals surface area contributed by atoms with E-state index in [1.54, 1.807) is 0 Å². The van der Waals surface area contributed by atoms with Gasteiger partial charge in [-0.3, -0.25) is 4.79 Å². The number of fused-ring (bicyclic) bond motifs is 1. The van der Waals surface area contributed by atoms with Crippen molar-refractivity contribution >= 4 is 23.1 Å². The minimum atomic E-state index is -4.93. The summed E-state index contributed by atoms with van der Waals surface area (Å²) in [5, 5.41) is 19.9. The largest absolute Gasteiger partial charge is 0.573 e. The first-order chi connectivity index (χ1) is 9.73. The molecule has 1 heterocycles. The maximum absolute atomic E-state index is 12.2. The number of ether oxygens (including phenoxy) is 1. The van der Waals surface area contributed by atoms with Crippen LogP contribution in [0.4, 0.5) is 18.9 Å². The lowest BCUT2D eigenvalue weighted by molar-refractivity contribution is -0.274. The molecule has 0 atom stereocenters. The van der Waals surface area contributed by atoms with Gasteiger partial charge in [0.15, 0.2) is 5.57 Å². The molecule has 9 heteroatoms. The molecule has 1 aliphatic rings. The van der Waals surface area contributed by atoms with Crippen molar-refractivity contribution in [2.45, 2.75) is 6.36 Å². The Morgan fingerprint density at radius 2 is 2.05 bits per heavy atom. The highest BCUT2D eigenvalue weighted by molar-refractivity contribution is 6.35. The van der Waals surface area contributed by atoms with Crippen LogP contribution >= 0.6 is 0 Å². The second-order valence-electron chi connectivity index (χ2n) is 3.88. The Kier molecular flexibility index (Phi) is 3.31. The number of nitriles is 1. The maximum Gasteiger partial charge on any atom is 0.573 e. The Morgan fingerprint density at radius 3 is 2.57 bits per heavy atom. The van der Waals surface area contributed by atoms with Crippen molar-refractivity contribution in [2.24, 2.45) is 0 Å². The number of hydrogen-bond acceptors (Lipinski definition) is 4. The number of anilines is 1. The highest BCUT2D eigenvalue weighted by Gasteiger charge is 2.34. The Morgan fingerprint density at radius 1 is 1.38 bits per heavy atom. The van der Waals surface area contributed by atoms with Crippen LogP contribution in [-0.2, 0) is 9.59 Å². The minimum Gasteiger partial charge on any atom is -0.477 e. The fourth-order valence-electron chi connectivity index (χ4n) is 1.80. The summed E-state index contributed by atoms with van der Waals surface area (Å²) >= 11 is 0. The summed E-state index contributed by atoms with van der Waals surface area (Å²) in [4.78, 5) is 22.6. The van der Waals surface area contributed by atoms with Crippen molar-refractivity contribution in [3.8, 4) is 11.8 Å². The molecule has 1 aromatic carbocycles. The number of alkyl halides is 3. The lowest BCUT2D eigenvalue weighted by Crippen LogP contribution is -2.17. The molecule has 0 saturated heterocycles. The average Bonchev–Trinajstić information content (AvgIpc) is 2.65. The van der Waals surface area contributed by atoms with Crippen LogP contribution in [0.1, 0.15) is 5.56 Å². The normalized spacial score (nSPS) is 15.8. The molecule has 0 radical (unpaired) electrons. The van der Waals surface area contributed by atoms with Crippen LogP contribution in [0.15, 0.2) is 23.8 Å². The van der Waals surface area contributed by atoms with Crippen molar-refractivity contribution in [1.29, 1.82) is 5.26 Å². The number of aliphatic carboxylic acids is 1. The van der Waals surface area contributed by atoms with E-state index in [1.807, 2.05) is 0 Å². The molecule has 0 bridgehead atoms. The highest BCUT2D eigenvalue weighted by atomic mass is 19.4. The van der Waals surface area contributed by atoms with Crippen molar-refractivity contribution in [2.75, 3.05) is 5.32 Å². The van der Waals surface area contributed by atoms with Gasteiger partial charge in [0.1, 0.15) is 11.8 Å². The highest BCUT2D eigenvalue weighted by Crippen LogP contribution is 2.37. The van der Waals surface area contributed by atoms with E-state index in [2.05, 4.69) is 10.1 Å². The molecule has 1 aromatic rings. The first-order valence-corrected chi connectivity index (χ1v) is 5.32. The van der Waals surface area contributed by atoms with Crippen molar-refractivity contribution < 1.29 is 32.6 Å². The zero-order valence-corrected chi connectivity index (χ0v) is 9.99. The van der Waals surface area contributed by atoms with E-state index in [4.69, 9.17) is 10.4 Å². The van der Waals surface area contributed by atoms with E-state index >= 15 is 0 Å². The number of amides is 1. The van der Waals surface area contributed by atoms with E-state index in [9.17, 15) is 22.8 Å². The quantitative estimate of drug-likeness (QED) is 0.641. The predicted octanol–water partition coefficient (Wildman–Crippen LogP) is 1.90. The molecule has 2 rings (SSSR count). The number of nitrogens with zero attached hydrogens (tertiary/aromatic N) is 1. The van der Waals surface area contributed by atoms with Crippen LogP contribution in [0, 0.1) is 11.3 Å². The SMILES string of the molecule is N#CC(C(=O)O)=C1C(=O)Nc2ccc(OC(F)(F)F)cc21. The first-order valence-electron chi connectivity index (χ1n) is 5.32. The number of nitrogens with one attached hydrogen (secondary N) is 1. The molecular formula is C12H5F3N2O4. The van der Waals surface area contributed by atoms with Gasteiger partial charge in [-0.2, -0.15) is 5.26 Å². The van der Waals surface area contributed by atoms with Crippen LogP contribution in [-0.4, -0.2) is 23.3 Å². The Hall–Kier alpha value is -3.02. The molecule has 108 valence electrons. The van der Waals surface area contributed by atoms with Gasteiger partial charge in [-0.1, -0.05) is 0 Å². The molecule has 0 unspecified atom stereocenters. The molecule has 1 aliphatic heterocycles. The molecule has 2 N–H and O–H groups in total. The van der Waals surface area contributed by atoms with Gasteiger partial charge >= 0.3 is 12.3 Å². The number of carboxylic acids is 1. The minimum absolute atomic E-state index is 0.0959. The molecule has 1 amide bonds. The number of carbonyl (C=O) groups excluding carboxylic acids is 1. The number of carbonyl (C=O) groups is 2. The van der Waals surface area contributed by atoms with Crippen molar-refractivity contribution in [3.05, 3.63) is 29.3 Å². The van der Waals surface area contributed by atoms with E-state index in [0.717, 1.165) is 18.2 Å². The van der Waals surface area contributed by atoms with Crippen LogP contribution in [0.25, 0.3) is 5.57 Å². The topological polar surface area (TPSA) is 99.4 Å². The summed E-state index contributed by atoms with van der Waals surface area (Å²) in [7, 11) is 0. The lowest BCUT2D eigenvalue weighted by Gasteiger charge is -2.09. The smallest absolute Gasteiger partial charge is 0.477 e. The van der Waals surface area contributed by atoms with Gasteiger partial charge in [0.05, 0.1) is 5.57 Å². The Labute approximate surface area is 115 Å². The number of hydrogen-bond donors (Lipinski definition) is 2. The van der Waals surface area contributed by atoms with E-state index < -0.39 is 35.1 Å². The predicted molar refractivity (Wildman–Crippen MR) is 61.9 cm³/mol. The second-order valence-corrected chi connectivity index (χ2v) is 3.88. The van der Waals surface area contributed by atoms with Crippen molar-refractivity contribution in [3.63, 3.8) is 0 Å². The van der Waals surface area contributed by atoms with Gasteiger partial charge in [-0.25, -0.2) is 4.79 Å². The molecule has 0 aromatic heterocycles. The third kappa shape index (κ3) is 2.79. The van der Waals surface area contributed by atoms with Crippen molar-refractivity contribution in [1.82, 2.24) is 0 Å². The summed E-state index contributed by atoms with van der Waals surface area (Å²) < 4.78 is 40.2. The van der Waals surface area contributed by atoms with E-state index in [1.165, 1.54) is 6.07 Å². The first kappa shape index (κ1) is 14.4. The summed E-state index contributed by atoms with van der Waals surface area (Å²) in [6, 6.07) is 4.27. The Bertz CT molecular complexity index is 716. The third-order valence-corrected chi connectivity index (χ3v) is 2.54. The van der Waals surface area contributed by atoms with Gasteiger partial charge in [0, 0.05) is 11.3 Å². The molecule has 0 fully saturated rings. The summed E-state index contributed by atoms with van der Waals surface area (Å²) in [5.41, 5.74) is -1.41. The summed E-state index contributed by atoms with van der Waals surface area (Å²) in [6.07, 6.45) is -4.93. The number of carboxylic acid groups (broad SMARTS) is 1. The number of benzene rings is 1. The monoisotopic (exact) mass is 298 g/mol. The fourth-order valence-corrected chi connectivity index (χ4v) is 1.80. The van der Waals surface area contributed by atoms with Crippen LogP contribution < -0.4 is 10.1 Å². The molecule has 6 nitrogen and oxygen atoms in total. The van der Waals surface area contributed by atoms with Crippen LogP contribution in [0.3, 0.4) is 0 Å². The number of halogens is 3. The Balaban J connectivity index is 2.58. The van der Waals surface area contributed by atoms with Crippen LogP contribution in [0.2, 0.25) is 0 Å². The van der Waals surface area contributed by atoms with Gasteiger partial charge in [-0.15, -0.1) is 13.2 Å². The zero-order valence-electron chi connectivity index (χ0n) is 9.99. The molecule has 0 saturated carbocycles. The van der Waals surface area contributed by atoms with E-state index in [0.29, 0.717) is 0 Å². The maximum atomic E-state index is 12.2. The van der Waals surface area contributed by atoms with E-state index in [-0.39, 0.29) is 11.3 Å². The molecule has 0 aliphatic carbocycles. The molecule has 21 heavy (non-hydrogen) atoms. The lowest BCUT2D eigenvalue weighted by atomic mass is 10.0. The average molecular weight is 298 g/mol.